The monoisotopic (exact) mass is 361 g/mol. The van der Waals surface area contributed by atoms with E-state index in [1.807, 2.05) is 20.8 Å². The molecular formula is C13H20BrN3O2S. The highest BCUT2D eigenvalue weighted by Gasteiger charge is 2.40. The number of aliphatic hydroxyl groups excluding tert-OH is 1. The van der Waals surface area contributed by atoms with Crippen molar-refractivity contribution < 1.29 is 9.66 Å². The summed E-state index contributed by atoms with van der Waals surface area (Å²) in [5.74, 6) is 0.236. The second-order valence-corrected chi connectivity index (χ2v) is 8.94. The molecule has 0 bridgehead atoms. The standard InChI is InChI=1S/C13H20BrN3O2S/c1-13(2,3)20(19)17-12(8-4-9(18)5-8)10-6-15-7-11(14)16-10/h6-9,12,17-18H,4-5H2,1-3H3/t8?,9?,12-,20?/m0/s1. The van der Waals surface area contributed by atoms with Gasteiger partial charge in [0.15, 0.2) is 0 Å². The van der Waals surface area contributed by atoms with Crippen LogP contribution in [0.4, 0.5) is 0 Å². The number of hydrogen-bond donors (Lipinski definition) is 2. The zero-order valence-corrected chi connectivity index (χ0v) is 14.2. The van der Waals surface area contributed by atoms with Gasteiger partial charge in [0.25, 0.3) is 0 Å². The summed E-state index contributed by atoms with van der Waals surface area (Å²) in [6, 6.07) is -0.150. The molecule has 1 fully saturated rings. The van der Waals surface area contributed by atoms with E-state index in [0.717, 1.165) is 5.69 Å². The molecule has 1 aromatic heterocycles. The minimum Gasteiger partial charge on any atom is -0.598 e. The molecule has 2 N–H and O–H groups in total. The lowest BCUT2D eigenvalue weighted by molar-refractivity contribution is 0.0272. The summed E-state index contributed by atoms with van der Waals surface area (Å²) in [4.78, 5) is 8.54. The van der Waals surface area contributed by atoms with Crippen LogP contribution in [0.5, 0.6) is 0 Å². The largest absolute Gasteiger partial charge is 0.598 e. The third kappa shape index (κ3) is 3.92. The first kappa shape index (κ1) is 16.2. The summed E-state index contributed by atoms with van der Waals surface area (Å²) < 4.78 is 15.8. The highest BCUT2D eigenvalue weighted by molar-refractivity contribution is 9.10. The predicted molar refractivity (Wildman–Crippen MR) is 82.2 cm³/mol. The fourth-order valence-electron chi connectivity index (χ4n) is 2.10. The summed E-state index contributed by atoms with van der Waals surface area (Å²) >= 11 is 2.12. The Morgan fingerprint density at radius 2 is 2.10 bits per heavy atom. The second-order valence-electron chi connectivity index (χ2n) is 6.13. The van der Waals surface area contributed by atoms with E-state index in [-0.39, 0.29) is 22.8 Å². The number of aromatic nitrogens is 2. The van der Waals surface area contributed by atoms with Gasteiger partial charge in [-0.2, -0.15) is 0 Å². The van der Waals surface area contributed by atoms with Gasteiger partial charge in [0.1, 0.15) is 9.35 Å². The molecule has 1 aliphatic carbocycles. The minimum absolute atomic E-state index is 0.150. The normalized spacial score (nSPS) is 25.9. The summed E-state index contributed by atoms with van der Waals surface area (Å²) in [6.45, 7) is 5.78. The van der Waals surface area contributed by atoms with Gasteiger partial charge in [-0.25, -0.2) is 4.98 Å². The Bertz CT molecular complexity index is 463. The van der Waals surface area contributed by atoms with Crippen LogP contribution in [0.25, 0.3) is 0 Å². The predicted octanol–water partition coefficient (Wildman–Crippen LogP) is 2.10. The maximum Gasteiger partial charge on any atom is 0.136 e. The zero-order valence-electron chi connectivity index (χ0n) is 11.8. The second kappa shape index (κ2) is 6.27. The third-order valence-corrected chi connectivity index (χ3v) is 5.32. The number of nitrogens with one attached hydrogen (secondary N) is 1. The molecule has 1 aromatic rings. The average molecular weight is 362 g/mol. The van der Waals surface area contributed by atoms with E-state index in [0.29, 0.717) is 17.4 Å². The fourth-order valence-corrected chi connectivity index (χ4v) is 3.32. The first-order valence-electron chi connectivity index (χ1n) is 6.61. The van der Waals surface area contributed by atoms with Crippen molar-refractivity contribution in [2.45, 2.75) is 50.5 Å². The van der Waals surface area contributed by atoms with Gasteiger partial charge in [-0.05, 0) is 55.5 Å². The van der Waals surface area contributed by atoms with Crippen LogP contribution in [0, 0.1) is 5.92 Å². The van der Waals surface area contributed by atoms with Gasteiger partial charge in [-0.1, -0.05) is 0 Å². The lowest BCUT2D eigenvalue weighted by atomic mass is 9.77. The first-order chi connectivity index (χ1) is 9.27. The third-order valence-electron chi connectivity index (χ3n) is 3.35. The van der Waals surface area contributed by atoms with E-state index in [4.69, 9.17) is 0 Å². The van der Waals surface area contributed by atoms with Gasteiger partial charge in [0.05, 0.1) is 30.2 Å². The number of aliphatic hydroxyl groups is 1. The van der Waals surface area contributed by atoms with Gasteiger partial charge >= 0.3 is 0 Å². The first-order valence-corrected chi connectivity index (χ1v) is 8.55. The van der Waals surface area contributed by atoms with E-state index in [1.54, 1.807) is 12.4 Å². The van der Waals surface area contributed by atoms with Crippen molar-refractivity contribution in [1.29, 1.82) is 0 Å². The molecule has 2 atom stereocenters. The number of hydrogen-bond acceptors (Lipinski definition) is 5. The Balaban J connectivity index is 2.17. The van der Waals surface area contributed by atoms with Crippen molar-refractivity contribution in [3.63, 3.8) is 0 Å². The molecule has 1 saturated carbocycles. The molecule has 1 heterocycles. The molecule has 0 radical (unpaired) electrons. The van der Waals surface area contributed by atoms with Crippen LogP contribution in [-0.2, 0) is 11.4 Å². The molecular weight excluding hydrogens is 342 g/mol. The molecule has 7 heteroatoms. The lowest BCUT2D eigenvalue weighted by Crippen LogP contribution is -2.47. The van der Waals surface area contributed by atoms with E-state index < -0.39 is 11.4 Å². The van der Waals surface area contributed by atoms with Gasteiger partial charge in [0.2, 0.25) is 0 Å². The van der Waals surface area contributed by atoms with E-state index in [1.165, 1.54) is 0 Å². The summed E-state index contributed by atoms with van der Waals surface area (Å²) in [7, 11) is 0. The van der Waals surface area contributed by atoms with E-state index in [2.05, 4.69) is 30.6 Å². The summed E-state index contributed by atoms with van der Waals surface area (Å²) in [5.41, 5.74) is 0.758. The maximum atomic E-state index is 12.3. The molecule has 2 rings (SSSR count). The smallest absolute Gasteiger partial charge is 0.136 e. The summed E-state index contributed by atoms with van der Waals surface area (Å²) in [5, 5.41) is 9.51. The zero-order chi connectivity index (χ0) is 14.9. The molecule has 0 aromatic carbocycles. The summed E-state index contributed by atoms with van der Waals surface area (Å²) in [6.07, 6.45) is 4.46. The van der Waals surface area contributed by atoms with Crippen LogP contribution >= 0.6 is 15.9 Å². The quantitative estimate of drug-likeness (QED) is 0.802. The van der Waals surface area contributed by atoms with Crippen LogP contribution in [-0.4, -0.2) is 30.5 Å². The molecule has 20 heavy (non-hydrogen) atoms. The van der Waals surface area contributed by atoms with Crippen LogP contribution in [0.3, 0.4) is 0 Å². The Kier molecular flexibility index (Phi) is 5.07. The van der Waals surface area contributed by atoms with Crippen molar-refractivity contribution in [2.75, 3.05) is 0 Å². The van der Waals surface area contributed by atoms with Crippen LogP contribution < -0.4 is 4.72 Å². The Hall–Kier alpha value is -0.210. The molecule has 1 aliphatic rings. The molecule has 0 aliphatic heterocycles. The van der Waals surface area contributed by atoms with E-state index >= 15 is 0 Å². The molecule has 1 unspecified atom stereocenters. The molecule has 0 amide bonds. The number of rotatable bonds is 4. The van der Waals surface area contributed by atoms with Gasteiger partial charge in [-0.3, -0.25) is 4.98 Å². The van der Waals surface area contributed by atoms with Crippen molar-refractivity contribution in [1.82, 2.24) is 14.7 Å². The average Bonchev–Trinajstić information content (AvgIpc) is 2.31. The van der Waals surface area contributed by atoms with Gasteiger partial charge in [0, 0.05) is 11.4 Å². The molecule has 0 saturated heterocycles. The van der Waals surface area contributed by atoms with Crippen molar-refractivity contribution in [3.05, 3.63) is 22.7 Å². The Morgan fingerprint density at radius 1 is 1.45 bits per heavy atom. The lowest BCUT2D eigenvalue weighted by Gasteiger charge is -2.38. The maximum absolute atomic E-state index is 12.3. The van der Waals surface area contributed by atoms with Crippen LogP contribution in [0.2, 0.25) is 0 Å². The Morgan fingerprint density at radius 3 is 2.60 bits per heavy atom. The van der Waals surface area contributed by atoms with E-state index in [9.17, 15) is 9.66 Å². The molecule has 5 nitrogen and oxygen atoms in total. The van der Waals surface area contributed by atoms with Crippen molar-refractivity contribution in [3.8, 4) is 0 Å². The highest BCUT2D eigenvalue weighted by atomic mass is 79.9. The van der Waals surface area contributed by atoms with Crippen molar-refractivity contribution in [2.24, 2.45) is 5.92 Å². The van der Waals surface area contributed by atoms with Crippen molar-refractivity contribution >= 4 is 27.3 Å². The number of nitrogens with zero attached hydrogens (tertiary/aromatic N) is 2. The number of halogens is 1. The molecule has 112 valence electrons. The highest BCUT2D eigenvalue weighted by Crippen LogP contribution is 2.38. The van der Waals surface area contributed by atoms with Crippen LogP contribution in [0.1, 0.15) is 45.3 Å². The fraction of sp³-hybridized carbons (Fsp3) is 0.692. The SMILES string of the molecule is CC(C)(C)[S+]([O-])N[C@H](c1cncc(Br)n1)C1CC(O)C1. The topological polar surface area (TPSA) is 81.1 Å². The van der Waals surface area contributed by atoms with Crippen LogP contribution in [0.15, 0.2) is 17.0 Å². The minimum atomic E-state index is -1.19. The van der Waals surface area contributed by atoms with Gasteiger partial charge < -0.3 is 9.66 Å². The van der Waals surface area contributed by atoms with Gasteiger partial charge in [-0.15, -0.1) is 4.72 Å². The Labute approximate surface area is 131 Å². The molecule has 0 spiro atoms.